The van der Waals surface area contributed by atoms with Crippen LogP contribution in [0, 0.1) is 0 Å². The Bertz CT molecular complexity index is 405. The number of hydrogen-bond acceptors (Lipinski definition) is 1. The largest absolute Gasteiger partial charge is 0.342 e. The van der Waals surface area contributed by atoms with Crippen molar-refractivity contribution in [3.63, 3.8) is 0 Å². The van der Waals surface area contributed by atoms with Crippen LogP contribution in [0.25, 0.3) is 0 Å². The highest BCUT2D eigenvalue weighted by atomic mass is 35.5. The molecule has 0 bridgehead atoms. The number of carbonyl (C=O) groups excluding carboxylic acids is 1. The molecule has 1 fully saturated rings. The average molecular weight is 252 g/mol. The summed E-state index contributed by atoms with van der Waals surface area (Å²) in [6.45, 7) is 5.76. The molecule has 1 heterocycles. The zero-order valence-corrected chi connectivity index (χ0v) is 11.1. The Morgan fingerprint density at radius 1 is 1.18 bits per heavy atom. The molecule has 3 heteroatoms. The summed E-state index contributed by atoms with van der Waals surface area (Å²) in [6.07, 6.45) is 2.25. The molecule has 1 saturated heterocycles. The summed E-state index contributed by atoms with van der Waals surface area (Å²) in [7, 11) is 0. The van der Waals surface area contributed by atoms with Crippen LogP contribution in [0.15, 0.2) is 24.3 Å². The topological polar surface area (TPSA) is 20.3 Å². The number of halogens is 1. The van der Waals surface area contributed by atoms with Crippen molar-refractivity contribution in [2.75, 3.05) is 13.1 Å². The van der Waals surface area contributed by atoms with E-state index in [2.05, 4.69) is 0 Å². The first-order valence-electron chi connectivity index (χ1n) is 6.07. The molecular formula is C14H18ClNO. The van der Waals surface area contributed by atoms with Gasteiger partial charge >= 0.3 is 0 Å². The van der Waals surface area contributed by atoms with Gasteiger partial charge in [-0.1, -0.05) is 23.7 Å². The molecule has 0 N–H and O–H groups in total. The van der Waals surface area contributed by atoms with Gasteiger partial charge in [-0.3, -0.25) is 4.79 Å². The smallest absolute Gasteiger partial charge is 0.232 e. The third-order valence-corrected chi connectivity index (χ3v) is 3.75. The van der Waals surface area contributed by atoms with E-state index in [-0.39, 0.29) is 5.91 Å². The number of benzene rings is 1. The number of amides is 1. The number of likely N-dealkylation sites (tertiary alicyclic amines) is 1. The molecule has 17 heavy (non-hydrogen) atoms. The third kappa shape index (κ3) is 2.47. The molecule has 1 amide bonds. The Morgan fingerprint density at radius 3 is 2.24 bits per heavy atom. The first-order chi connectivity index (χ1) is 8.01. The zero-order valence-electron chi connectivity index (χ0n) is 10.4. The second-order valence-electron chi connectivity index (χ2n) is 5.13. The maximum atomic E-state index is 12.4. The minimum atomic E-state index is -0.463. The SMILES string of the molecule is CC(C)(C(=O)N1CCCC1)c1ccc(Cl)cc1. The first-order valence-corrected chi connectivity index (χ1v) is 6.45. The van der Waals surface area contributed by atoms with E-state index in [0.717, 1.165) is 31.5 Å². The third-order valence-electron chi connectivity index (χ3n) is 3.49. The van der Waals surface area contributed by atoms with Crippen LogP contribution in [-0.2, 0) is 10.2 Å². The van der Waals surface area contributed by atoms with Crippen LogP contribution < -0.4 is 0 Å². The van der Waals surface area contributed by atoms with Crippen molar-refractivity contribution >= 4 is 17.5 Å². The predicted molar refractivity (Wildman–Crippen MR) is 70.3 cm³/mol. The van der Waals surface area contributed by atoms with E-state index in [9.17, 15) is 4.79 Å². The molecule has 1 aromatic carbocycles. The van der Waals surface area contributed by atoms with Gasteiger partial charge in [0.2, 0.25) is 5.91 Å². The molecule has 0 aromatic heterocycles. The van der Waals surface area contributed by atoms with Gasteiger partial charge in [-0.25, -0.2) is 0 Å². The maximum Gasteiger partial charge on any atom is 0.232 e. The Balaban J connectivity index is 2.22. The minimum Gasteiger partial charge on any atom is -0.342 e. The summed E-state index contributed by atoms with van der Waals surface area (Å²) < 4.78 is 0. The van der Waals surface area contributed by atoms with Crippen LogP contribution in [0.1, 0.15) is 32.3 Å². The monoisotopic (exact) mass is 251 g/mol. The Kier molecular flexibility index (Phi) is 3.43. The fourth-order valence-electron chi connectivity index (χ4n) is 2.31. The fourth-order valence-corrected chi connectivity index (χ4v) is 2.43. The molecule has 92 valence electrons. The van der Waals surface area contributed by atoms with Gasteiger partial charge in [-0.05, 0) is 44.4 Å². The van der Waals surface area contributed by atoms with Crippen LogP contribution in [0.2, 0.25) is 5.02 Å². The lowest BCUT2D eigenvalue weighted by Crippen LogP contribution is -2.41. The number of carbonyl (C=O) groups is 1. The van der Waals surface area contributed by atoms with Crippen LogP contribution in [-0.4, -0.2) is 23.9 Å². The van der Waals surface area contributed by atoms with E-state index >= 15 is 0 Å². The summed E-state index contributed by atoms with van der Waals surface area (Å²) in [5, 5.41) is 0.707. The quantitative estimate of drug-likeness (QED) is 0.790. The number of nitrogens with zero attached hydrogens (tertiary/aromatic N) is 1. The highest BCUT2D eigenvalue weighted by molar-refractivity contribution is 6.30. The molecule has 0 spiro atoms. The highest BCUT2D eigenvalue weighted by Crippen LogP contribution is 2.28. The van der Waals surface area contributed by atoms with Gasteiger partial charge in [0.15, 0.2) is 0 Å². The van der Waals surface area contributed by atoms with Gasteiger partial charge in [0.05, 0.1) is 5.41 Å². The summed E-state index contributed by atoms with van der Waals surface area (Å²) in [5.74, 6) is 0.220. The van der Waals surface area contributed by atoms with Crippen LogP contribution >= 0.6 is 11.6 Å². The van der Waals surface area contributed by atoms with Crippen molar-refractivity contribution in [1.29, 1.82) is 0 Å². The predicted octanol–water partition coefficient (Wildman–Crippen LogP) is 3.24. The summed E-state index contributed by atoms with van der Waals surface area (Å²) >= 11 is 5.87. The van der Waals surface area contributed by atoms with E-state index in [1.54, 1.807) is 0 Å². The van der Waals surface area contributed by atoms with Crippen molar-refractivity contribution in [1.82, 2.24) is 4.90 Å². The van der Waals surface area contributed by atoms with Crippen LogP contribution in [0.3, 0.4) is 0 Å². The van der Waals surface area contributed by atoms with Gasteiger partial charge in [0.25, 0.3) is 0 Å². The number of hydrogen-bond donors (Lipinski definition) is 0. The van der Waals surface area contributed by atoms with E-state index in [0.29, 0.717) is 5.02 Å². The van der Waals surface area contributed by atoms with Crippen molar-refractivity contribution < 1.29 is 4.79 Å². The van der Waals surface area contributed by atoms with E-state index in [1.807, 2.05) is 43.0 Å². The van der Waals surface area contributed by atoms with Gasteiger partial charge in [-0.15, -0.1) is 0 Å². The lowest BCUT2D eigenvalue weighted by Gasteiger charge is -2.29. The molecule has 1 aliphatic heterocycles. The van der Waals surface area contributed by atoms with Gasteiger partial charge in [-0.2, -0.15) is 0 Å². The lowest BCUT2D eigenvalue weighted by atomic mass is 9.83. The van der Waals surface area contributed by atoms with Gasteiger partial charge < -0.3 is 4.90 Å². The van der Waals surface area contributed by atoms with Crippen LogP contribution in [0.5, 0.6) is 0 Å². The van der Waals surface area contributed by atoms with Gasteiger partial charge in [0.1, 0.15) is 0 Å². The molecule has 1 aliphatic rings. The maximum absolute atomic E-state index is 12.4. The van der Waals surface area contributed by atoms with Crippen molar-refractivity contribution in [3.8, 4) is 0 Å². The summed E-state index contributed by atoms with van der Waals surface area (Å²) in [4.78, 5) is 14.4. The molecule has 0 aliphatic carbocycles. The molecule has 0 unspecified atom stereocenters. The standard InChI is InChI=1S/C14H18ClNO/c1-14(2,11-5-7-12(15)8-6-11)13(17)16-9-3-4-10-16/h5-8H,3-4,9-10H2,1-2H3. The fraction of sp³-hybridized carbons (Fsp3) is 0.500. The zero-order chi connectivity index (χ0) is 12.5. The summed E-state index contributed by atoms with van der Waals surface area (Å²) in [6, 6.07) is 7.57. The molecule has 0 atom stereocenters. The molecule has 2 nitrogen and oxygen atoms in total. The van der Waals surface area contributed by atoms with Crippen molar-refractivity contribution in [2.24, 2.45) is 0 Å². The summed E-state index contributed by atoms with van der Waals surface area (Å²) in [5.41, 5.74) is 0.563. The minimum absolute atomic E-state index is 0.220. The number of rotatable bonds is 2. The molecule has 1 aromatic rings. The van der Waals surface area contributed by atoms with Gasteiger partial charge in [0, 0.05) is 18.1 Å². The highest BCUT2D eigenvalue weighted by Gasteiger charge is 2.34. The molecular weight excluding hydrogens is 234 g/mol. The van der Waals surface area contributed by atoms with E-state index in [4.69, 9.17) is 11.6 Å². The Morgan fingerprint density at radius 2 is 1.71 bits per heavy atom. The second-order valence-corrected chi connectivity index (χ2v) is 5.57. The van der Waals surface area contributed by atoms with E-state index in [1.165, 1.54) is 0 Å². The Labute approximate surface area is 108 Å². The first kappa shape index (κ1) is 12.4. The Hall–Kier alpha value is -1.02. The van der Waals surface area contributed by atoms with E-state index < -0.39 is 5.41 Å². The molecule has 0 radical (unpaired) electrons. The normalized spacial score (nSPS) is 16.3. The molecule has 0 saturated carbocycles. The second kappa shape index (κ2) is 4.69. The molecule has 2 rings (SSSR count). The average Bonchev–Trinajstić information content (AvgIpc) is 2.82. The van der Waals surface area contributed by atoms with Crippen molar-refractivity contribution in [2.45, 2.75) is 32.1 Å². The van der Waals surface area contributed by atoms with Crippen LogP contribution in [0.4, 0.5) is 0 Å². The van der Waals surface area contributed by atoms with Crippen molar-refractivity contribution in [3.05, 3.63) is 34.9 Å². The lowest BCUT2D eigenvalue weighted by molar-refractivity contribution is -0.135.